The van der Waals surface area contributed by atoms with Crippen molar-refractivity contribution in [3.63, 3.8) is 0 Å². The SMILES string of the molecule is COc1ccc(F)cc1[C@@H](C)Oc1cc(-c2ccnn2C)cnc1N. The van der Waals surface area contributed by atoms with Crippen LogP contribution in [0.5, 0.6) is 11.5 Å². The molecule has 0 aliphatic rings. The number of pyridine rings is 1. The van der Waals surface area contributed by atoms with Crippen LogP contribution in [0.1, 0.15) is 18.6 Å². The molecule has 0 aliphatic carbocycles. The van der Waals surface area contributed by atoms with Gasteiger partial charge in [0.05, 0.1) is 12.8 Å². The second-order valence-electron chi connectivity index (χ2n) is 5.59. The Morgan fingerprint density at radius 3 is 2.68 bits per heavy atom. The Bertz CT molecular complexity index is 895. The lowest BCUT2D eigenvalue weighted by molar-refractivity contribution is 0.221. The Hall–Kier alpha value is -3.09. The number of anilines is 1. The van der Waals surface area contributed by atoms with Crippen LogP contribution in [0.2, 0.25) is 0 Å². The van der Waals surface area contributed by atoms with Crippen LogP contribution in [0.3, 0.4) is 0 Å². The molecule has 25 heavy (non-hydrogen) atoms. The molecule has 0 amide bonds. The fraction of sp³-hybridized carbons (Fsp3) is 0.222. The van der Waals surface area contributed by atoms with Crippen molar-refractivity contribution in [3.8, 4) is 22.8 Å². The summed E-state index contributed by atoms with van der Waals surface area (Å²) >= 11 is 0. The maximum atomic E-state index is 13.6. The predicted molar refractivity (Wildman–Crippen MR) is 92.8 cm³/mol. The van der Waals surface area contributed by atoms with E-state index < -0.39 is 6.10 Å². The first-order valence-corrected chi connectivity index (χ1v) is 7.73. The number of halogens is 1. The Balaban J connectivity index is 1.93. The smallest absolute Gasteiger partial charge is 0.166 e. The van der Waals surface area contributed by atoms with Gasteiger partial charge in [-0.15, -0.1) is 0 Å². The standard InChI is InChI=1S/C18H19FN4O2/c1-11(14-9-13(19)4-5-16(14)24-3)25-17-8-12(10-21-18(17)20)15-6-7-22-23(15)2/h4-11H,1-3H3,(H2,20,21)/t11-/m1/s1. The van der Waals surface area contributed by atoms with Crippen LogP contribution in [0.4, 0.5) is 10.2 Å². The van der Waals surface area contributed by atoms with Crippen LogP contribution in [0, 0.1) is 5.82 Å². The van der Waals surface area contributed by atoms with Gasteiger partial charge in [-0.2, -0.15) is 5.10 Å². The molecular weight excluding hydrogens is 323 g/mol. The van der Waals surface area contributed by atoms with Crippen molar-refractivity contribution < 1.29 is 13.9 Å². The first kappa shape index (κ1) is 16.8. The molecule has 0 saturated heterocycles. The molecule has 3 aromatic rings. The number of aryl methyl sites for hydroxylation is 1. The van der Waals surface area contributed by atoms with Crippen molar-refractivity contribution in [2.75, 3.05) is 12.8 Å². The van der Waals surface area contributed by atoms with Gasteiger partial charge in [0.15, 0.2) is 11.6 Å². The molecule has 0 saturated carbocycles. The van der Waals surface area contributed by atoms with Crippen molar-refractivity contribution >= 4 is 5.82 Å². The zero-order chi connectivity index (χ0) is 18.0. The Morgan fingerprint density at radius 1 is 1.20 bits per heavy atom. The van der Waals surface area contributed by atoms with Gasteiger partial charge in [-0.25, -0.2) is 9.37 Å². The number of nitrogen functional groups attached to an aromatic ring is 1. The van der Waals surface area contributed by atoms with Gasteiger partial charge in [0, 0.05) is 30.6 Å². The minimum absolute atomic E-state index is 0.258. The van der Waals surface area contributed by atoms with E-state index in [1.807, 2.05) is 13.1 Å². The number of hydrogen-bond donors (Lipinski definition) is 1. The second-order valence-corrected chi connectivity index (χ2v) is 5.59. The molecule has 130 valence electrons. The Labute approximate surface area is 145 Å². The molecule has 0 spiro atoms. The number of hydrogen-bond acceptors (Lipinski definition) is 5. The van der Waals surface area contributed by atoms with Crippen molar-refractivity contribution in [3.05, 3.63) is 54.1 Å². The highest BCUT2D eigenvalue weighted by atomic mass is 19.1. The third-order valence-corrected chi connectivity index (χ3v) is 3.93. The summed E-state index contributed by atoms with van der Waals surface area (Å²) in [5.41, 5.74) is 8.24. The monoisotopic (exact) mass is 342 g/mol. The van der Waals surface area contributed by atoms with E-state index in [1.54, 1.807) is 36.1 Å². The number of aromatic nitrogens is 3. The van der Waals surface area contributed by atoms with Gasteiger partial charge in [-0.1, -0.05) is 0 Å². The van der Waals surface area contributed by atoms with E-state index in [0.717, 1.165) is 11.3 Å². The van der Waals surface area contributed by atoms with Gasteiger partial charge in [0.2, 0.25) is 0 Å². The molecule has 2 N–H and O–H groups in total. The zero-order valence-electron chi connectivity index (χ0n) is 14.2. The van der Waals surface area contributed by atoms with E-state index in [2.05, 4.69) is 10.1 Å². The number of ether oxygens (including phenoxy) is 2. The summed E-state index contributed by atoms with van der Waals surface area (Å²) in [7, 11) is 3.37. The van der Waals surface area contributed by atoms with E-state index in [4.69, 9.17) is 15.2 Å². The molecule has 3 rings (SSSR count). The number of benzene rings is 1. The summed E-state index contributed by atoms with van der Waals surface area (Å²) in [6, 6.07) is 7.96. The summed E-state index contributed by atoms with van der Waals surface area (Å²) in [4.78, 5) is 4.19. The summed E-state index contributed by atoms with van der Waals surface area (Å²) in [6.07, 6.45) is 2.88. The van der Waals surface area contributed by atoms with Crippen molar-refractivity contribution in [2.24, 2.45) is 7.05 Å². The van der Waals surface area contributed by atoms with E-state index in [1.165, 1.54) is 19.2 Å². The van der Waals surface area contributed by atoms with Crippen LogP contribution in [-0.4, -0.2) is 21.9 Å². The van der Waals surface area contributed by atoms with E-state index >= 15 is 0 Å². The molecule has 0 aliphatic heterocycles. The van der Waals surface area contributed by atoms with E-state index in [0.29, 0.717) is 17.1 Å². The number of methoxy groups -OCH3 is 1. The average Bonchev–Trinajstić information content (AvgIpc) is 3.02. The summed E-state index contributed by atoms with van der Waals surface area (Å²) in [5, 5.41) is 4.14. The molecule has 2 aromatic heterocycles. The third kappa shape index (κ3) is 3.40. The van der Waals surface area contributed by atoms with Crippen LogP contribution in [0.25, 0.3) is 11.3 Å². The second kappa shape index (κ2) is 6.80. The molecule has 0 radical (unpaired) electrons. The molecule has 0 bridgehead atoms. The van der Waals surface area contributed by atoms with Crippen LogP contribution >= 0.6 is 0 Å². The predicted octanol–water partition coefficient (Wildman–Crippen LogP) is 3.35. The molecule has 0 fully saturated rings. The number of nitrogens with two attached hydrogens (primary N) is 1. The van der Waals surface area contributed by atoms with Crippen molar-refractivity contribution in [2.45, 2.75) is 13.0 Å². The van der Waals surface area contributed by atoms with Crippen LogP contribution < -0.4 is 15.2 Å². The first-order valence-electron chi connectivity index (χ1n) is 7.73. The van der Waals surface area contributed by atoms with Gasteiger partial charge in [-0.3, -0.25) is 4.68 Å². The highest BCUT2D eigenvalue weighted by Gasteiger charge is 2.17. The van der Waals surface area contributed by atoms with Crippen molar-refractivity contribution in [1.29, 1.82) is 0 Å². The lowest BCUT2D eigenvalue weighted by atomic mass is 10.1. The first-order chi connectivity index (χ1) is 12.0. The van der Waals surface area contributed by atoms with Gasteiger partial charge < -0.3 is 15.2 Å². The zero-order valence-corrected chi connectivity index (χ0v) is 14.2. The molecule has 0 unspecified atom stereocenters. The molecular formula is C18H19FN4O2. The molecule has 2 heterocycles. The maximum absolute atomic E-state index is 13.6. The minimum atomic E-state index is -0.475. The normalized spacial score (nSPS) is 12.0. The van der Waals surface area contributed by atoms with Crippen LogP contribution in [0.15, 0.2) is 42.7 Å². The van der Waals surface area contributed by atoms with E-state index in [9.17, 15) is 4.39 Å². The summed E-state index contributed by atoms with van der Waals surface area (Å²) < 4.78 is 26.6. The molecule has 6 nitrogen and oxygen atoms in total. The van der Waals surface area contributed by atoms with E-state index in [-0.39, 0.29) is 11.6 Å². The summed E-state index contributed by atoms with van der Waals surface area (Å²) in [6.45, 7) is 1.80. The van der Waals surface area contributed by atoms with Crippen molar-refractivity contribution in [1.82, 2.24) is 14.8 Å². The van der Waals surface area contributed by atoms with Crippen LogP contribution in [-0.2, 0) is 7.05 Å². The highest BCUT2D eigenvalue weighted by Crippen LogP contribution is 2.33. The lowest BCUT2D eigenvalue weighted by Gasteiger charge is -2.19. The van der Waals surface area contributed by atoms with Gasteiger partial charge in [0.25, 0.3) is 0 Å². The quantitative estimate of drug-likeness (QED) is 0.769. The Morgan fingerprint density at radius 2 is 2.00 bits per heavy atom. The average molecular weight is 342 g/mol. The number of rotatable bonds is 5. The largest absolute Gasteiger partial charge is 0.496 e. The fourth-order valence-corrected chi connectivity index (χ4v) is 2.62. The summed E-state index contributed by atoms with van der Waals surface area (Å²) in [5.74, 6) is 0.856. The molecule has 1 aromatic carbocycles. The Kier molecular flexibility index (Phi) is 4.56. The van der Waals surface area contributed by atoms with Gasteiger partial charge >= 0.3 is 0 Å². The molecule has 7 heteroatoms. The topological polar surface area (TPSA) is 75.2 Å². The minimum Gasteiger partial charge on any atom is -0.496 e. The third-order valence-electron chi connectivity index (χ3n) is 3.93. The van der Waals surface area contributed by atoms with Gasteiger partial charge in [0.1, 0.15) is 17.7 Å². The number of nitrogens with zero attached hydrogens (tertiary/aromatic N) is 3. The van der Waals surface area contributed by atoms with Gasteiger partial charge in [-0.05, 0) is 37.3 Å². The maximum Gasteiger partial charge on any atom is 0.166 e. The lowest BCUT2D eigenvalue weighted by Crippen LogP contribution is -2.08. The molecule has 1 atom stereocenters. The highest BCUT2D eigenvalue weighted by molar-refractivity contribution is 5.64. The fourth-order valence-electron chi connectivity index (χ4n) is 2.62.